The van der Waals surface area contributed by atoms with Crippen LogP contribution >= 0.6 is 8.81 Å². The Balaban J connectivity index is 2.85. The van der Waals surface area contributed by atoms with Crippen molar-refractivity contribution >= 4 is 14.3 Å². The van der Waals surface area contributed by atoms with Crippen molar-refractivity contribution in [2.24, 2.45) is 0 Å². The van der Waals surface area contributed by atoms with Crippen molar-refractivity contribution in [3.05, 3.63) is 35.9 Å². The van der Waals surface area contributed by atoms with Gasteiger partial charge in [0, 0.05) is 5.56 Å². The minimum Gasteiger partial charge on any atom is -0.369 e. The van der Waals surface area contributed by atoms with Crippen LogP contribution in [0.15, 0.2) is 30.3 Å². The van der Waals surface area contributed by atoms with E-state index in [4.69, 9.17) is 4.89 Å². The van der Waals surface area contributed by atoms with Gasteiger partial charge in [-0.3, -0.25) is 4.79 Å². The number of carbonyl (C=O) groups excluding carboxylic acids is 1. The van der Waals surface area contributed by atoms with Gasteiger partial charge in [0.25, 0.3) is 0 Å². The van der Waals surface area contributed by atoms with E-state index in [-0.39, 0.29) is 5.52 Å². The van der Waals surface area contributed by atoms with E-state index in [1.807, 2.05) is 6.07 Å². The summed E-state index contributed by atoms with van der Waals surface area (Å²) in [4.78, 5) is 19.2. The zero-order chi connectivity index (χ0) is 7.40. The molecule has 0 radical (unpaired) electrons. The number of hydrogen-bond donors (Lipinski definition) is 1. The smallest absolute Gasteiger partial charge is 0.208 e. The third-order valence-electron chi connectivity index (χ3n) is 1.14. The topological polar surface area (TPSA) is 37.3 Å². The minimum absolute atomic E-state index is 0.208. The van der Waals surface area contributed by atoms with Crippen LogP contribution in [0.1, 0.15) is 10.4 Å². The van der Waals surface area contributed by atoms with E-state index in [1.54, 1.807) is 24.3 Å². The molecule has 1 aromatic rings. The van der Waals surface area contributed by atoms with Gasteiger partial charge in [-0.15, -0.1) is 0 Å². The predicted molar refractivity (Wildman–Crippen MR) is 41.3 cm³/mol. The molecule has 0 fully saturated rings. The van der Waals surface area contributed by atoms with Crippen molar-refractivity contribution in [3.8, 4) is 0 Å². The molecule has 0 heterocycles. The molecule has 52 valence electrons. The molecule has 1 N–H and O–H groups in total. The highest BCUT2D eigenvalue weighted by Crippen LogP contribution is 2.12. The van der Waals surface area contributed by atoms with E-state index in [1.165, 1.54) is 0 Å². The maximum absolute atomic E-state index is 10.8. The molecule has 0 aromatic heterocycles. The highest BCUT2D eigenvalue weighted by Gasteiger charge is 2.00. The summed E-state index contributed by atoms with van der Waals surface area (Å²) in [5, 5.41) is 0. The Morgan fingerprint density at radius 3 is 2.40 bits per heavy atom. The second kappa shape index (κ2) is 3.45. The molecular weight excluding hydrogens is 147 g/mol. The molecule has 0 saturated heterocycles. The van der Waals surface area contributed by atoms with Crippen LogP contribution in [-0.4, -0.2) is 10.4 Å². The van der Waals surface area contributed by atoms with Crippen LogP contribution in [0.5, 0.6) is 0 Å². The third-order valence-corrected chi connectivity index (χ3v) is 1.63. The fraction of sp³-hybridized carbons (Fsp3) is 0. The molecule has 10 heavy (non-hydrogen) atoms. The van der Waals surface area contributed by atoms with Crippen LogP contribution in [-0.2, 0) is 0 Å². The zero-order valence-electron chi connectivity index (χ0n) is 5.24. The molecule has 0 bridgehead atoms. The molecule has 0 spiro atoms. The summed E-state index contributed by atoms with van der Waals surface area (Å²) < 4.78 is 0. The standard InChI is InChI=1S/C7H7O2P/c8-7(10-9)6-4-2-1-3-5-6/h1-5,9-10H. The lowest BCUT2D eigenvalue weighted by atomic mass is 10.2. The summed E-state index contributed by atoms with van der Waals surface area (Å²) in [7, 11) is -0.630. The molecule has 1 rings (SSSR count). The monoisotopic (exact) mass is 154 g/mol. The van der Waals surface area contributed by atoms with E-state index in [9.17, 15) is 4.79 Å². The van der Waals surface area contributed by atoms with Gasteiger partial charge in [0.05, 0.1) is 8.81 Å². The van der Waals surface area contributed by atoms with Gasteiger partial charge < -0.3 is 4.89 Å². The Morgan fingerprint density at radius 1 is 1.30 bits per heavy atom. The Hall–Kier alpha value is -0.720. The Kier molecular flexibility index (Phi) is 2.55. The van der Waals surface area contributed by atoms with E-state index in [0.29, 0.717) is 5.56 Å². The Bertz CT molecular complexity index is 220. The van der Waals surface area contributed by atoms with Crippen molar-refractivity contribution < 1.29 is 9.69 Å². The van der Waals surface area contributed by atoms with E-state index >= 15 is 0 Å². The second-order valence-electron chi connectivity index (χ2n) is 1.81. The number of benzene rings is 1. The lowest BCUT2D eigenvalue weighted by molar-refractivity contribution is 0.107. The molecule has 1 atom stereocenters. The fourth-order valence-electron chi connectivity index (χ4n) is 0.654. The first kappa shape index (κ1) is 7.39. The minimum atomic E-state index is -0.630. The number of hydrogen-bond acceptors (Lipinski definition) is 2. The SMILES string of the molecule is O=C(PO)c1ccccc1. The van der Waals surface area contributed by atoms with Gasteiger partial charge in [-0.1, -0.05) is 30.3 Å². The van der Waals surface area contributed by atoms with Crippen LogP contribution in [0, 0.1) is 0 Å². The zero-order valence-corrected chi connectivity index (χ0v) is 6.24. The van der Waals surface area contributed by atoms with Gasteiger partial charge in [-0.05, 0) is 0 Å². The van der Waals surface area contributed by atoms with Crippen LogP contribution in [0.3, 0.4) is 0 Å². The van der Waals surface area contributed by atoms with Crippen LogP contribution in [0.25, 0.3) is 0 Å². The van der Waals surface area contributed by atoms with Crippen LogP contribution < -0.4 is 0 Å². The quantitative estimate of drug-likeness (QED) is 0.654. The van der Waals surface area contributed by atoms with E-state index in [0.717, 1.165) is 0 Å². The molecule has 2 nitrogen and oxygen atoms in total. The molecule has 0 aliphatic rings. The summed E-state index contributed by atoms with van der Waals surface area (Å²) in [6.07, 6.45) is 0. The lowest BCUT2D eigenvalue weighted by Crippen LogP contribution is -1.87. The summed E-state index contributed by atoms with van der Waals surface area (Å²) >= 11 is 0. The summed E-state index contributed by atoms with van der Waals surface area (Å²) in [5.74, 6) is 0. The van der Waals surface area contributed by atoms with E-state index in [2.05, 4.69) is 0 Å². The summed E-state index contributed by atoms with van der Waals surface area (Å²) in [5.41, 5.74) is 0.365. The third kappa shape index (κ3) is 1.63. The average Bonchev–Trinajstić information content (AvgIpc) is 2.05. The Labute approximate surface area is 60.8 Å². The van der Waals surface area contributed by atoms with Gasteiger partial charge in [0.15, 0.2) is 0 Å². The van der Waals surface area contributed by atoms with Gasteiger partial charge >= 0.3 is 0 Å². The highest BCUT2D eigenvalue weighted by molar-refractivity contribution is 7.53. The first-order chi connectivity index (χ1) is 4.84. The normalized spacial score (nSPS) is 10.5. The highest BCUT2D eigenvalue weighted by atomic mass is 31.1. The van der Waals surface area contributed by atoms with Crippen molar-refractivity contribution in [1.29, 1.82) is 0 Å². The largest absolute Gasteiger partial charge is 0.369 e. The fourth-order valence-corrected chi connectivity index (χ4v) is 0.950. The first-order valence-corrected chi connectivity index (χ1v) is 3.79. The molecule has 0 amide bonds. The molecule has 0 aliphatic heterocycles. The van der Waals surface area contributed by atoms with Gasteiger partial charge in [-0.2, -0.15) is 0 Å². The maximum atomic E-state index is 10.8. The van der Waals surface area contributed by atoms with Crippen molar-refractivity contribution in [2.75, 3.05) is 0 Å². The molecule has 1 aromatic carbocycles. The summed E-state index contributed by atoms with van der Waals surface area (Å²) in [6.45, 7) is 0. The predicted octanol–water partition coefficient (Wildman–Crippen LogP) is 1.41. The van der Waals surface area contributed by atoms with Crippen molar-refractivity contribution in [3.63, 3.8) is 0 Å². The molecule has 0 saturated carbocycles. The number of carbonyl (C=O) groups is 1. The molecule has 3 heteroatoms. The first-order valence-electron chi connectivity index (χ1n) is 2.84. The van der Waals surface area contributed by atoms with Crippen LogP contribution in [0.4, 0.5) is 0 Å². The van der Waals surface area contributed by atoms with Gasteiger partial charge in [0.2, 0.25) is 5.52 Å². The Morgan fingerprint density at radius 2 is 1.90 bits per heavy atom. The number of rotatable bonds is 2. The van der Waals surface area contributed by atoms with Crippen molar-refractivity contribution in [1.82, 2.24) is 0 Å². The van der Waals surface area contributed by atoms with E-state index < -0.39 is 8.81 Å². The molecule has 1 unspecified atom stereocenters. The average molecular weight is 154 g/mol. The summed E-state index contributed by atoms with van der Waals surface area (Å²) in [6, 6.07) is 8.75. The van der Waals surface area contributed by atoms with Crippen molar-refractivity contribution in [2.45, 2.75) is 0 Å². The van der Waals surface area contributed by atoms with Gasteiger partial charge in [-0.25, -0.2) is 0 Å². The van der Waals surface area contributed by atoms with Crippen LogP contribution in [0.2, 0.25) is 0 Å². The second-order valence-corrected chi connectivity index (χ2v) is 2.48. The molecule has 0 aliphatic carbocycles. The van der Waals surface area contributed by atoms with Gasteiger partial charge in [0.1, 0.15) is 0 Å². The lowest BCUT2D eigenvalue weighted by Gasteiger charge is -1.92. The maximum Gasteiger partial charge on any atom is 0.208 e. The molecular formula is C7H7O2P.